The molecule has 2 aromatic rings. The summed E-state index contributed by atoms with van der Waals surface area (Å²) in [5.74, 6) is 0. The fourth-order valence-electron chi connectivity index (χ4n) is 3.13. The van der Waals surface area contributed by atoms with E-state index < -0.39 is 17.8 Å². The number of β-amino-alcohol motifs (C(OH)–C–C–N with tert-alkyl or cyclic N) is 1. The highest BCUT2D eigenvalue weighted by molar-refractivity contribution is 6.30. The minimum absolute atomic E-state index is 0.469. The molecule has 1 N–H and O–H groups in total. The number of aliphatic hydroxyl groups excluding tert-OH is 1. The Hall–Kier alpha value is -1.76. The standard InChI is InChI=1S/C19H20ClF3N2O/c20-16-5-1-3-14(11-16)18(26)13-24-7-9-25(10-8-24)17-6-2-4-15(12-17)19(21,22)23/h1-6,11-12,18,26H,7-10,13H2. The predicted molar refractivity (Wildman–Crippen MR) is 96.5 cm³/mol. The summed E-state index contributed by atoms with van der Waals surface area (Å²) in [6.07, 6.45) is -4.98. The molecule has 0 spiro atoms. The first-order chi connectivity index (χ1) is 12.3. The molecule has 0 amide bonds. The van der Waals surface area contributed by atoms with Gasteiger partial charge in [-0.05, 0) is 35.9 Å². The van der Waals surface area contributed by atoms with E-state index in [1.54, 1.807) is 24.3 Å². The van der Waals surface area contributed by atoms with E-state index in [0.717, 1.165) is 11.6 Å². The van der Waals surface area contributed by atoms with Crippen LogP contribution in [-0.2, 0) is 6.18 Å². The van der Waals surface area contributed by atoms with Crippen LogP contribution in [0.2, 0.25) is 5.02 Å². The SMILES string of the molecule is OC(CN1CCN(c2cccc(C(F)(F)F)c2)CC1)c1cccc(Cl)c1. The number of benzene rings is 2. The number of hydrogen-bond donors (Lipinski definition) is 1. The summed E-state index contributed by atoms with van der Waals surface area (Å²) in [7, 11) is 0. The Labute approximate surface area is 155 Å². The Morgan fingerprint density at radius 3 is 2.35 bits per heavy atom. The van der Waals surface area contributed by atoms with Gasteiger partial charge in [0, 0.05) is 43.4 Å². The van der Waals surface area contributed by atoms with E-state index in [1.807, 2.05) is 11.0 Å². The summed E-state index contributed by atoms with van der Waals surface area (Å²) in [4.78, 5) is 4.05. The minimum atomic E-state index is -4.33. The van der Waals surface area contributed by atoms with Gasteiger partial charge >= 0.3 is 6.18 Å². The summed E-state index contributed by atoms with van der Waals surface area (Å²) in [6.45, 7) is 3.05. The first-order valence-corrected chi connectivity index (χ1v) is 8.79. The van der Waals surface area contributed by atoms with Gasteiger partial charge in [-0.15, -0.1) is 0 Å². The van der Waals surface area contributed by atoms with Crippen molar-refractivity contribution in [1.29, 1.82) is 0 Å². The third-order valence-corrected chi connectivity index (χ3v) is 4.81. The lowest BCUT2D eigenvalue weighted by Gasteiger charge is -2.37. The molecule has 0 aromatic heterocycles. The molecule has 1 aliphatic heterocycles. The van der Waals surface area contributed by atoms with Crippen molar-refractivity contribution in [2.24, 2.45) is 0 Å². The molecule has 1 atom stereocenters. The van der Waals surface area contributed by atoms with E-state index in [-0.39, 0.29) is 0 Å². The fraction of sp³-hybridized carbons (Fsp3) is 0.368. The molecule has 140 valence electrons. The van der Waals surface area contributed by atoms with E-state index in [4.69, 9.17) is 11.6 Å². The number of piperazine rings is 1. The first kappa shape index (κ1) is 19.0. The molecule has 1 aliphatic rings. The second kappa shape index (κ2) is 7.86. The summed E-state index contributed by atoms with van der Waals surface area (Å²) in [5.41, 5.74) is 0.710. The van der Waals surface area contributed by atoms with Crippen molar-refractivity contribution >= 4 is 17.3 Å². The smallest absolute Gasteiger partial charge is 0.387 e. The lowest BCUT2D eigenvalue weighted by Crippen LogP contribution is -2.47. The van der Waals surface area contributed by atoms with E-state index >= 15 is 0 Å². The molecule has 2 aromatic carbocycles. The van der Waals surface area contributed by atoms with Crippen LogP contribution in [0, 0.1) is 0 Å². The number of anilines is 1. The molecule has 1 saturated heterocycles. The van der Waals surface area contributed by atoms with E-state index in [0.29, 0.717) is 43.4 Å². The van der Waals surface area contributed by atoms with Gasteiger partial charge in [0.1, 0.15) is 0 Å². The zero-order valence-electron chi connectivity index (χ0n) is 14.1. The number of nitrogens with zero attached hydrogens (tertiary/aromatic N) is 2. The Bertz CT molecular complexity index is 746. The highest BCUT2D eigenvalue weighted by atomic mass is 35.5. The second-order valence-corrected chi connectivity index (χ2v) is 6.84. The molecule has 1 fully saturated rings. The third-order valence-electron chi connectivity index (χ3n) is 4.58. The topological polar surface area (TPSA) is 26.7 Å². The Kier molecular flexibility index (Phi) is 5.75. The fourth-order valence-corrected chi connectivity index (χ4v) is 3.33. The lowest BCUT2D eigenvalue weighted by molar-refractivity contribution is -0.137. The molecule has 0 radical (unpaired) electrons. The normalized spacial score (nSPS) is 17.3. The third kappa shape index (κ3) is 4.69. The monoisotopic (exact) mass is 384 g/mol. The number of hydrogen-bond acceptors (Lipinski definition) is 3. The van der Waals surface area contributed by atoms with Crippen LogP contribution in [0.4, 0.5) is 18.9 Å². The summed E-state index contributed by atoms with van der Waals surface area (Å²) in [5, 5.41) is 10.9. The molecule has 1 unspecified atom stereocenters. The maximum atomic E-state index is 12.9. The first-order valence-electron chi connectivity index (χ1n) is 8.41. The minimum Gasteiger partial charge on any atom is -0.387 e. The zero-order valence-corrected chi connectivity index (χ0v) is 14.8. The van der Waals surface area contributed by atoms with E-state index in [1.165, 1.54) is 12.1 Å². The van der Waals surface area contributed by atoms with Crippen LogP contribution < -0.4 is 4.90 Å². The molecule has 7 heteroatoms. The van der Waals surface area contributed by atoms with Crippen LogP contribution >= 0.6 is 11.6 Å². The molecular formula is C19H20ClF3N2O. The van der Waals surface area contributed by atoms with Crippen molar-refractivity contribution in [1.82, 2.24) is 4.90 Å². The second-order valence-electron chi connectivity index (χ2n) is 6.41. The van der Waals surface area contributed by atoms with Gasteiger partial charge in [0.15, 0.2) is 0 Å². The van der Waals surface area contributed by atoms with Crippen LogP contribution in [0.3, 0.4) is 0 Å². The van der Waals surface area contributed by atoms with Crippen LogP contribution in [0.15, 0.2) is 48.5 Å². The van der Waals surface area contributed by atoms with Crippen molar-refractivity contribution in [2.45, 2.75) is 12.3 Å². The quantitative estimate of drug-likeness (QED) is 0.855. The molecule has 3 nitrogen and oxygen atoms in total. The average molecular weight is 385 g/mol. The van der Waals surface area contributed by atoms with Gasteiger partial charge in [-0.2, -0.15) is 13.2 Å². The molecule has 1 heterocycles. The van der Waals surface area contributed by atoms with Gasteiger partial charge in [-0.3, -0.25) is 4.90 Å². The molecule has 3 rings (SSSR count). The van der Waals surface area contributed by atoms with Crippen LogP contribution in [0.25, 0.3) is 0 Å². The van der Waals surface area contributed by atoms with Gasteiger partial charge in [0.25, 0.3) is 0 Å². The number of aliphatic hydroxyl groups is 1. The Morgan fingerprint density at radius 2 is 1.69 bits per heavy atom. The molecule has 26 heavy (non-hydrogen) atoms. The largest absolute Gasteiger partial charge is 0.416 e. The highest BCUT2D eigenvalue weighted by Crippen LogP contribution is 2.32. The summed E-state index contributed by atoms with van der Waals surface area (Å²) >= 11 is 5.95. The number of halogens is 4. The summed E-state index contributed by atoms with van der Waals surface area (Å²) in [6, 6.07) is 12.5. The van der Waals surface area contributed by atoms with Crippen molar-refractivity contribution in [3.63, 3.8) is 0 Å². The van der Waals surface area contributed by atoms with Gasteiger partial charge in [0.2, 0.25) is 0 Å². The molecule has 0 aliphatic carbocycles. The van der Waals surface area contributed by atoms with Crippen molar-refractivity contribution in [3.05, 3.63) is 64.7 Å². The highest BCUT2D eigenvalue weighted by Gasteiger charge is 2.31. The van der Waals surface area contributed by atoms with Crippen molar-refractivity contribution < 1.29 is 18.3 Å². The molecule has 0 saturated carbocycles. The van der Waals surface area contributed by atoms with Crippen molar-refractivity contribution in [2.75, 3.05) is 37.6 Å². The van der Waals surface area contributed by atoms with Crippen LogP contribution in [-0.4, -0.2) is 42.7 Å². The van der Waals surface area contributed by atoms with E-state index in [9.17, 15) is 18.3 Å². The molecule has 0 bridgehead atoms. The van der Waals surface area contributed by atoms with Gasteiger partial charge in [0.05, 0.1) is 11.7 Å². The Morgan fingerprint density at radius 1 is 1.00 bits per heavy atom. The Balaban J connectivity index is 1.58. The molecular weight excluding hydrogens is 365 g/mol. The lowest BCUT2D eigenvalue weighted by atomic mass is 10.1. The summed E-state index contributed by atoms with van der Waals surface area (Å²) < 4.78 is 38.6. The van der Waals surface area contributed by atoms with Gasteiger partial charge in [-0.25, -0.2) is 0 Å². The van der Waals surface area contributed by atoms with Crippen molar-refractivity contribution in [3.8, 4) is 0 Å². The maximum Gasteiger partial charge on any atom is 0.416 e. The number of rotatable bonds is 4. The van der Waals surface area contributed by atoms with Gasteiger partial charge < -0.3 is 10.0 Å². The zero-order chi connectivity index (χ0) is 18.7. The maximum absolute atomic E-state index is 12.9. The predicted octanol–water partition coefficient (Wildman–Crippen LogP) is 4.21. The number of alkyl halides is 3. The van der Waals surface area contributed by atoms with Crippen LogP contribution in [0.5, 0.6) is 0 Å². The average Bonchev–Trinajstić information content (AvgIpc) is 2.62. The van der Waals surface area contributed by atoms with E-state index in [2.05, 4.69) is 4.90 Å². The van der Waals surface area contributed by atoms with Crippen LogP contribution in [0.1, 0.15) is 17.2 Å². The van der Waals surface area contributed by atoms with Gasteiger partial charge in [-0.1, -0.05) is 29.8 Å².